The van der Waals surface area contributed by atoms with E-state index in [0.29, 0.717) is 11.3 Å². The van der Waals surface area contributed by atoms with Crippen molar-refractivity contribution in [1.29, 1.82) is 5.26 Å². The number of aromatic amines is 2. The average molecular weight is 229 g/mol. The number of aromatic nitrogens is 2. The van der Waals surface area contributed by atoms with Gasteiger partial charge in [0.25, 0.3) is 5.56 Å². The molecule has 0 saturated heterocycles. The Hall–Kier alpha value is -2.19. The summed E-state index contributed by atoms with van der Waals surface area (Å²) >= 11 is 4.87. The fourth-order valence-corrected chi connectivity index (χ4v) is 1.56. The average Bonchev–Trinajstić information content (AvgIpc) is 2.28. The first-order valence-corrected chi connectivity index (χ1v) is 4.94. The van der Waals surface area contributed by atoms with Gasteiger partial charge >= 0.3 is 0 Å². The molecule has 1 aromatic carbocycles. The lowest BCUT2D eigenvalue weighted by atomic mass is 10.1. The van der Waals surface area contributed by atoms with E-state index in [1.807, 2.05) is 6.07 Å². The van der Waals surface area contributed by atoms with E-state index in [1.165, 1.54) is 6.07 Å². The lowest BCUT2D eigenvalue weighted by molar-refractivity contribution is 1.09. The molecule has 78 valence electrons. The smallest absolute Gasteiger partial charge is 0.252 e. The Labute approximate surface area is 96.2 Å². The molecule has 0 radical (unpaired) electrons. The first-order valence-electron chi connectivity index (χ1n) is 4.53. The van der Waals surface area contributed by atoms with Crippen LogP contribution >= 0.6 is 12.2 Å². The molecular formula is C11H7N3OS. The zero-order valence-electron chi connectivity index (χ0n) is 8.15. The molecule has 0 amide bonds. The Balaban J connectivity index is 2.55. The lowest BCUT2D eigenvalue weighted by Crippen LogP contribution is -2.06. The quantitative estimate of drug-likeness (QED) is 0.734. The van der Waals surface area contributed by atoms with Crippen molar-refractivity contribution in [3.8, 4) is 17.3 Å². The fraction of sp³-hybridized carbons (Fsp3) is 0. The van der Waals surface area contributed by atoms with E-state index < -0.39 is 0 Å². The maximum absolute atomic E-state index is 11.2. The van der Waals surface area contributed by atoms with Gasteiger partial charge in [0.1, 0.15) is 0 Å². The second-order valence-electron chi connectivity index (χ2n) is 3.19. The van der Waals surface area contributed by atoms with Gasteiger partial charge in [-0.3, -0.25) is 9.78 Å². The van der Waals surface area contributed by atoms with E-state index in [-0.39, 0.29) is 10.3 Å². The number of nitrogens with one attached hydrogen (secondary N) is 2. The molecule has 4 nitrogen and oxygen atoms in total. The van der Waals surface area contributed by atoms with Gasteiger partial charge in [-0.15, -0.1) is 0 Å². The van der Waals surface area contributed by atoms with E-state index in [0.717, 1.165) is 5.56 Å². The van der Waals surface area contributed by atoms with Crippen molar-refractivity contribution < 1.29 is 0 Å². The summed E-state index contributed by atoms with van der Waals surface area (Å²) in [7, 11) is 0. The maximum Gasteiger partial charge on any atom is 0.252 e. The molecule has 0 saturated carbocycles. The zero-order valence-corrected chi connectivity index (χ0v) is 8.97. The first-order chi connectivity index (χ1) is 7.69. The summed E-state index contributed by atoms with van der Waals surface area (Å²) in [5.41, 5.74) is 1.78. The van der Waals surface area contributed by atoms with Crippen LogP contribution in [0.3, 0.4) is 0 Å². The van der Waals surface area contributed by atoms with Crippen LogP contribution in [-0.4, -0.2) is 9.97 Å². The molecule has 2 aromatic rings. The highest BCUT2D eigenvalue weighted by Crippen LogP contribution is 2.15. The summed E-state index contributed by atoms with van der Waals surface area (Å²) in [6.45, 7) is 0. The second-order valence-corrected chi connectivity index (χ2v) is 3.60. The highest BCUT2D eigenvalue weighted by Gasteiger charge is 1.99. The lowest BCUT2D eigenvalue weighted by Gasteiger charge is -2.00. The molecule has 0 unspecified atom stereocenters. The molecule has 2 rings (SSSR count). The molecule has 1 aromatic heterocycles. The van der Waals surface area contributed by atoms with Crippen molar-refractivity contribution in [2.24, 2.45) is 0 Å². The van der Waals surface area contributed by atoms with E-state index in [9.17, 15) is 4.79 Å². The Morgan fingerprint density at radius 1 is 1.19 bits per heavy atom. The zero-order chi connectivity index (χ0) is 11.5. The Morgan fingerprint density at radius 3 is 2.44 bits per heavy atom. The van der Waals surface area contributed by atoms with Gasteiger partial charge in [0.15, 0.2) is 4.77 Å². The van der Waals surface area contributed by atoms with Crippen molar-refractivity contribution in [2.75, 3.05) is 0 Å². The van der Waals surface area contributed by atoms with Gasteiger partial charge in [-0.25, -0.2) is 0 Å². The van der Waals surface area contributed by atoms with Gasteiger partial charge in [-0.2, -0.15) is 5.26 Å². The topological polar surface area (TPSA) is 72.4 Å². The van der Waals surface area contributed by atoms with Crippen LogP contribution in [0.15, 0.2) is 35.1 Å². The Morgan fingerprint density at radius 2 is 1.88 bits per heavy atom. The van der Waals surface area contributed by atoms with E-state index in [1.54, 1.807) is 24.3 Å². The Kier molecular flexibility index (Phi) is 2.66. The van der Waals surface area contributed by atoms with Gasteiger partial charge in [-0.05, 0) is 29.9 Å². The van der Waals surface area contributed by atoms with Gasteiger partial charge < -0.3 is 4.98 Å². The van der Waals surface area contributed by atoms with Crippen molar-refractivity contribution in [1.82, 2.24) is 9.97 Å². The minimum Gasteiger partial charge on any atom is -0.332 e. The van der Waals surface area contributed by atoms with Crippen molar-refractivity contribution in [3.63, 3.8) is 0 Å². The van der Waals surface area contributed by atoms with Crippen LogP contribution in [-0.2, 0) is 0 Å². The standard InChI is InChI=1S/C11H7N3OS/c12-6-7-1-3-8(4-2-7)9-5-10(15)14-11(16)13-9/h1-5H,(H2,13,14,15,16). The van der Waals surface area contributed by atoms with Gasteiger partial charge in [-0.1, -0.05) is 12.1 Å². The van der Waals surface area contributed by atoms with Crippen LogP contribution in [0.2, 0.25) is 0 Å². The number of nitrogens with zero attached hydrogens (tertiary/aromatic N) is 1. The highest BCUT2D eigenvalue weighted by atomic mass is 32.1. The van der Waals surface area contributed by atoms with Crippen LogP contribution < -0.4 is 5.56 Å². The monoisotopic (exact) mass is 229 g/mol. The number of H-pyrrole nitrogens is 2. The maximum atomic E-state index is 11.2. The predicted molar refractivity (Wildman–Crippen MR) is 62.4 cm³/mol. The summed E-state index contributed by atoms with van der Waals surface area (Å²) in [4.78, 5) is 16.5. The first kappa shape index (κ1) is 10.3. The third-order valence-corrected chi connectivity index (χ3v) is 2.29. The van der Waals surface area contributed by atoms with Crippen LogP contribution in [0, 0.1) is 16.1 Å². The predicted octanol–water partition coefficient (Wildman–Crippen LogP) is 1.97. The van der Waals surface area contributed by atoms with Crippen LogP contribution in [0.25, 0.3) is 11.3 Å². The molecule has 16 heavy (non-hydrogen) atoms. The molecule has 0 aliphatic carbocycles. The van der Waals surface area contributed by atoms with Crippen LogP contribution in [0.4, 0.5) is 0 Å². The molecule has 0 aliphatic heterocycles. The molecule has 0 bridgehead atoms. The molecule has 0 atom stereocenters. The molecule has 0 aliphatic rings. The minimum atomic E-state index is -0.247. The number of hydrogen-bond acceptors (Lipinski definition) is 3. The molecule has 1 heterocycles. The normalized spacial score (nSPS) is 9.69. The second kappa shape index (κ2) is 4.13. The van der Waals surface area contributed by atoms with Gasteiger partial charge in [0, 0.05) is 6.07 Å². The molecule has 5 heteroatoms. The van der Waals surface area contributed by atoms with E-state index in [2.05, 4.69) is 9.97 Å². The van der Waals surface area contributed by atoms with E-state index in [4.69, 9.17) is 17.5 Å². The number of rotatable bonds is 1. The summed E-state index contributed by atoms with van der Waals surface area (Å²) < 4.78 is 0.284. The van der Waals surface area contributed by atoms with Crippen molar-refractivity contribution in [3.05, 3.63) is 51.0 Å². The molecular weight excluding hydrogens is 222 g/mol. The summed E-state index contributed by atoms with van der Waals surface area (Å²) in [5.74, 6) is 0. The minimum absolute atomic E-state index is 0.247. The van der Waals surface area contributed by atoms with Gasteiger partial charge in [0.05, 0.1) is 17.3 Å². The molecule has 2 N–H and O–H groups in total. The SMILES string of the molecule is N#Cc1ccc(-c2cc(=O)[nH]c(=S)[nH]2)cc1. The van der Waals surface area contributed by atoms with Crippen LogP contribution in [0.1, 0.15) is 5.56 Å². The van der Waals surface area contributed by atoms with Crippen LogP contribution in [0.5, 0.6) is 0 Å². The third-order valence-electron chi connectivity index (χ3n) is 2.09. The molecule has 0 fully saturated rings. The number of benzene rings is 1. The highest BCUT2D eigenvalue weighted by molar-refractivity contribution is 7.71. The summed E-state index contributed by atoms with van der Waals surface area (Å²) in [6.07, 6.45) is 0. The Bertz CT molecular complexity index is 633. The number of nitriles is 1. The summed E-state index contributed by atoms with van der Waals surface area (Å²) in [5, 5.41) is 8.66. The number of hydrogen-bond donors (Lipinski definition) is 2. The largest absolute Gasteiger partial charge is 0.332 e. The van der Waals surface area contributed by atoms with Gasteiger partial charge in [0.2, 0.25) is 0 Å². The fourth-order valence-electron chi connectivity index (χ4n) is 1.35. The molecule has 0 spiro atoms. The van der Waals surface area contributed by atoms with Crippen molar-refractivity contribution >= 4 is 12.2 Å². The summed E-state index contributed by atoms with van der Waals surface area (Å²) in [6, 6.07) is 10.4. The third kappa shape index (κ3) is 2.07. The van der Waals surface area contributed by atoms with E-state index >= 15 is 0 Å². The van der Waals surface area contributed by atoms with Crippen molar-refractivity contribution in [2.45, 2.75) is 0 Å².